The van der Waals surface area contributed by atoms with Gasteiger partial charge >= 0.3 is 0 Å². The third-order valence-electron chi connectivity index (χ3n) is 2.42. The highest BCUT2D eigenvalue weighted by Crippen LogP contribution is 1.97. The number of hydrogen-bond acceptors (Lipinski definition) is 4. The van der Waals surface area contributed by atoms with Crippen molar-refractivity contribution in [2.45, 2.75) is 26.9 Å². The Balaban J connectivity index is 2.13. The first-order valence-corrected chi connectivity index (χ1v) is 6.50. The molecule has 0 unspecified atom stereocenters. The predicted octanol–water partition coefficient (Wildman–Crippen LogP) is 1.29. The Kier molecular flexibility index (Phi) is 7.64. The van der Waals surface area contributed by atoms with Gasteiger partial charge in [0, 0.05) is 39.5 Å². The van der Waals surface area contributed by atoms with Gasteiger partial charge < -0.3 is 19.4 Å². The molecule has 0 radical (unpaired) electrons. The third-order valence-corrected chi connectivity index (χ3v) is 2.42. The van der Waals surface area contributed by atoms with E-state index in [1.807, 2.05) is 6.33 Å². The van der Waals surface area contributed by atoms with Crippen LogP contribution in [-0.4, -0.2) is 43.0 Å². The van der Waals surface area contributed by atoms with Crippen molar-refractivity contribution >= 4 is 0 Å². The molecule has 0 saturated carbocycles. The molecule has 0 aromatic carbocycles. The lowest BCUT2D eigenvalue weighted by molar-refractivity contribution is 0.103. The van der Waals surface area contributed by atoms with E-state index >= 15 is 0 Å². The summed E-state index contributed by atoms with van der Waals surface area (Å²) in [6.45, 7) is 9.08. The summed E-state index contributed by atoms with van der Waals surface area (Å²) < 4.78 is 12.6. The first-order chi connectivity index (χ1) is 8.72. The SMILES string of the molecule is COCCNCc1cn(CCOCC(C)C)cn1. The maximum atomic E-state index is 5.54. The van der Waals surface area contributed by atoms with Crippen molar-refractivity contribution in [3.8, 4) is 0 Å². The fourth-order valence-electron chi connectivity index (χ4n) is 1.50. The molecule has 104 valence electrons. The fourth-order valence-corrected chi connectivity index (χ4v) is 1.50. The van der Waals surface area contributed by atoms with Crippen LogP contribution in [0.5, 0.6) is 0 Å². The van der Waals surface area contributed by atoms with Gasteiger partial charge in [0.05, 0.1) is 25.2 Å². The molecule has 18 heavy (non-hydrogen) atoms. The summed E-state index contributed by atoms with van der Waals surface area (Å²) in [5.41, 5.74) is 1.05. The van der Waals surface area contributed by atoms with E-state index in [2.05, 4.69) is 34.9 Å². The number of rotatable bonds is 10. The number of ether oxygens (including phenoxy) is 2. The predicted molar refractivity (Wildman–Crippen MR) is 71.5 cm³/mol. The third kappa shape index (κ3) is 6.74. The zero-order valence-corrected chi connectivity index (χ0v) is 11.7. The maximum Gasteiger partial charge on any atom is 0.0950 e. The summed E-state index contributed by atoms with van der Waals surface area (Å²) in [6.07, 6.45) is 3.91. The molecule has 0 amide bonds. The number of nitrogens with one attached hydrogen (secondary N) is 1. The van der Waals surface area contributed by atoms with Crippen molar-refractivity contribution in [2.24, 2.45) is 5.92 Å². The number of methoxy groups -OCH3 is 1. The molecular formula is C13H25N3O2. The average Bonchev–Trinajstić information content (AvgIpc) is 2.78. The summed E-state index contributed by atoms with van der Waals surface area (Å²) in [5.74, 6) is 0.591. The number of aromatic nitrogens is 2. The van der Waals surface area contributed by atoms with Gasteiger partial charge in [0.2, 0.25) is 0 Å². The van der Waals surface area contributed by atoms with Crippen molar-refractivity contribution in [1.29, 1.82) is 0 Å². The molecule has 5 heteroatoms. The van der Waals surface area contributed by atoms with Crippen molar-refractivity contribution in [3.63, 3.8) is 0 Å². The standard InChI is InChI=1S/C13H25N3O2/c1-12(2)10-18-7-5-16-9-13(15-11-16)8-14-4-6-17-3/h9,11-12,14H,4-8,10H2,1-3H3. The Morgan fingerprint density at radius 1 is 1.39 bits per heavy atom. The molecule has 1 N–H and O–H groups in total. The molecule has 0 atom stereocenters. The number of hydrogen-bond donors (Lipinski definition) is 1. The molecule has 1 aromatic rings. The molecule has 1 heterocycles. The minimum atomic E-state index is 0.591. The Morgan fingerprint density at radius 2 is 2.22 bits per heavy atom. The Hall–Kier alpha value is -0.910. The van der Waals surface area contributed by atoms with Crippen LogP contribution in [-0.2, 0) is 22.6 Å². The summed E-state index contributed by atoms with van der Waals surface area (Å²) in [5, 5.41) is 3.27. The largest absolute Gasteiger partial charge is 0.383 e. The molecule has 0 bridgehead atoms. The van der Waals surface area contributed by atoms with E-state index in [-0.39, 0.29) is 0 Å². The summed E-state index contributed by atoms with van der Waals surface area (Å²) in [6, 6.07) is 0. The smallest absolute Gasteiger partial charge is 0.0950 e. The van der Waals surface area contributed by atoms with E-state index in [4.69, 9.17) is 9.47 Å². The van der Waals surface area contributed by atoms with Crippen molar-refractivity contribution < 1.29 is 9.47 Å². The zero-order valence-electron chi connectivity index (χ0n) is 11.7. The second-order valence-electron chi connectivity index (χ2n) is 4.74. The van der Waals surface area contributed by atoms with Crippen LogP contribution in [0.1, 0.15) is 19.5 Å². The second kappa shape index (κ2) is 9.08. The summed E-state index contributed by atoms with van der Waals surface area (Å²) >= 11 is 0. The van der Waals surface area contributed by atoms with Gasteiger partial charge in [-0.1, -0.05) is 13.8 Å². The highest BCUT2D eigenvalue weighted by molar-refractivity contribution is 4.95. The van der Waals surface area contributed by atoms with E-state index < -0.39 is 0 Å². The van der Waals surface area contributed by atoms with Gasteiger partial charge in [-0.05, 0) is 5.92 Å². The molecule has 0 fully saturated rings. The fraction of sp³-hybridized carbons (Fsp3) is 0.769. The van der Waals surface area contributed by atoms with Gasteiger partial charge in [-0.3, -0.25) is 0 Å². The van der Waals surface area contributed by atoms with Gasteiger partial charge in [-0.2, -0.15) is 0 Å². The monoisotopic (exact) mass is 255 g/mol. The quantitative estimate of drug-likeness (QED) is 0.640. The molecule has 5 nitrogen and oxygen atoms in total. The maximum absolute atomic E-state index is 5.54. The molecule has 0 aliphatic carbocycles. The van der Waals surface area contributed by atoms with Crippen molar-refractivity contribution in [3.05, 3.63) is 18.2 Å². The molecule has 1 rings (SSSR count). The van der Waals surface area contributed by atoms with Crippen molar-refractivity contribution in [1.82, 2.24) is 14.9 Å². The lowest BCUT2D eigenvalue weighted by Crippen LogP contribution is -2.18. The molecule has 0 saturated heterocycles. The van der Waals surface area contributed by atoms with E-state index in [1.54, 1.807) is 7.11 Å². The zero-order chi connectivity index (χ0) is 13.2. The van der Waals surface area contributed by atoms with Crippen molar-refractivity contribution in [2.75, 3.05) is 33.5 Å². The second-order valence-corrected chi connectivity index (χ2v) is 4.74. The van der Waals surface area contributed by atoms with Crippen LogP contribution in [0.4, 0.5) is 0 Å². The Morgan fingerprint density at radius 3 is 2.94 bits per heavy atom. The van der Waals surface area contributed by atoms with E-state index in [9.17, 15) is 0 Å². The van der Waals surface area contributed by atoms with Crippen LogP contribution < -0.4 is 5.32 Å². The first-order valence-electron chi connectivity index (χ1n) is 6.50. The first kappa shape index (κ1) is 15.1. The van der Waals surface area contributed by atoms with Crippen LogP contribution in [0.3, 0.4) is 0 Å². The van der Waals surface area contributed by atoms with Crippen LogP contribution in [0.25, 0.3) is 0 Å². The lowest BCUT2D eigenvalue weighted by atomic mass is 10.2. The molecule has 0 spiro atoms. The van der Waals surface area contributed by atoms with Crippen LogP contribution >= 0.6 is 0 Å². The average molecular weight is 255 g/mol. The molecular weight excluding hydrogens is 230 g/mol. The lowest BCUT2D eigenvalue weighted by Gasteiger charge is -2.06. The molecule has 1 aromatic heterocycles. The van der Waals surface area contributed by atoms with Gasteiger partial charge in [0.25, 0.3) is 0 Å². The minimum absolute atomic E-state index is 0.591. The Bertz CT molecular complexity index is 313. The Labute approximate surface area is 109 Å². The van der Waals surface area contributed by atoms with E-state index in [0.29, 0.717) is 5.92 Å². The summed E-state index contributed by atoms with van der Waals surface area (Å²) in [7, 11) is 1.70. The van der Waals surface area contributed by atoms with E-state index in [1.165, 1.54) is 0 Å². The topological polar surface area (TPSA) is 48.3 Å². The highest BCUT2D eigenvalue weighted by atomic mass is 16.5. The molecule has 0 aliphatic rings. The van der Waals surface area contributed by atoms with Gasteiger partial charge in [0.1, 0.15) is 0 Å². The van der Waals surface area contributed by atoms with Gasteiger partial charge in [-0.15, -0.1) is 0 Å². The highest BCUT2D eigenvalue weighted by Gasteiger charge is 1.99. The van der Waals surface area contributed by atoms with Gasteiger partial charge in [-0.25, -0.2) is 4.98 Å². The number of imidazole rings is 1. The normalized spacial score (nSPS) is 11.3. The van der Waals surface area contributed by atoms with Gasteiger partial charge in [0.15, 0.2) is 0 Å². The van der Waals surface area contributed by atoms with Crippen LogP contribution in [0.15, 0.2) is 12.5 Å². The number of nitrogens with zero attached hydrogens (tertiary/aromatic N) is 2. The molecule has 0 aliphatic heterocycles. The van der Waals surface area contributed by atoms with Crippen LogP contribution in [0, 0.1) is 5.92 Å². The van der Waals surface area contributed by atoms with Crippen LogP contribution in [0.2, 0.25) is 0 Å². The van der Waals surface area contributed by atoms with E-state index in [0.717, 1.165) is 45.1 Å². The minimum Gasteiger partial charge on any atom is -0.383 e. The summed E-state index contributed by atoms with van der Waals surface area (Å²) in [4.78, 5) is 4.33.